The van der Waals surface area contributed by atoms with Gasteiger partial charge in [-0.3, -0.25) is 14.9 Å². The van der Waals surface area contributed by atoms with Crippen LogP contribution < -0.4 is 0 Å². The molecule has 0 amide bonds. The Bertz CT molecular complexity index is 783. The first-order valence-electron chi connectivity index (χ1n) is 10.7. The second-order valence-corrected chi connectivity index (χ2v) is 9.27. The number of nitro benzene ring substituents is 1. The van der Waals surface area contributed by atoms with Crippen molar-refractivity contribution in [1.29, 1.82) is 0 Å². The van der Waals surface area contributed by atoms with Crippen LogP contribution in [0.4, 0.5) is 5.69 Å². The maximum absolute atomic E-state index is 12.0. The molecule has 2 atom stereocenters. The SMILES string of the molecule is CCCC(C(=O)O)C(CC=CCC12CCC(CC1)C2)c1cc([N+](=O)[O-])ccc1Cl. The van der Waals surface area contributed by atoms with Crippen molar-refractivity contribution in [3.63, 3.8) is 0 Å². The molecule has 0 heterocycles. The van der Waals surface area contributed by atoms with Gasteiger partial charge in [0.25, 0.3) is 5.69 Å². The van der Waals surface area contributed by atoms with Crippen LogP contribution >= 0.6 is 11.6 Å². The number of aliphatic carboxylic acids is 1. The van der Waals surface area contributed by atoms with Gasteiger partial charge in [-0.15, -0.1) is 0 Å². The number of allylic oxidation sites excluding steroid dienone is 2. The highest BCUT2D eigenvalue weighted by Gasteiger charge is 2.43. The normalized spacial score (nSPS) is 25.4. The molecular formula is C23H30ClNO4. The zero-order chi connectivity index (χ0) is 21.0. The number of nitrogens with zero attached hydrogens (tertiary/aromatic N) is 1. The van der Waals surface area contributed by atoms with Gasteiger partial charge in [0.05, 0.1) is 10.8 Å². The summed E-state index contributed by atoms with van der Waals surface area (Å²) in [5.74, 6) is -0.972. The highest BCUT2D eigenvalue weighted by molar-refractivity contribution is 6.31. The highest BCUT2D eigenvalue weighted by atomic mass is 35.5. The van der Waals surface area contributed by atoms with Crippen LogP contribution in [0.1, 0.15) is 76.2 Å². The average molecular weight is 420 g/mol. The van der Waals surface area contributed by atoms with E-state index in [0.29, 0.717) is 28.8 Å². The third kappa shape index (κ3) is 5.00. The van der Waals surface area contributed by atoms with Gasteiger partial charge in [-0.25, -0.2) is 0 Å². The van der Waals surface area contributed by atoms with Crippen molar-refractivity contribution in [1.82, 2.24) is 0 Å². The van der Waals surface area contributed by atoms with Crippen LogP contribution in [0.5, 0.6) is 0 Å². The summed E-state index contributed by atoms with van der Waals surface area (Å²) in [7, 11) is 0. The molecule has 1 aromatic rings. The molecule has 2 aliphatic carbocycles. The van der Waals surface area contributed by atoms with E-state index in [0.717, 1.165) is 18.8 Å². The summed E-state index contributed by atoms with van der Waals surface area (Å²) in [6.45, 7) is 1.95. The summed E-state index contributed by atoms with van der Waals surface area (Å²) >= 11 is 6.37. The van der Waals surface area contributed by atoms with Gasteiger partial charge in [-0.1, -0.05) is 37.1 Å². The maximum Gasteiger partial charge on any atom is 0.307 e. The molecular weight excluding hydrogens is 390 g/mol. The number of non-ortho nitro benzene ring substituents is 1. The number of nitro groups is 1. The summed E-state index contributed by atoms with van der Waals surface area (Å²) in [6, 6.07) is 4.32. The first-order valence-corrected chi connectivity index (χ1v) is 11.0. The third-order valence-electron chi connectivity index (χ3n) is 6.99. The lowest BCUT2D eigenvalue weighted by atomic mass is 9.79. The number of benzene rings is 1. The molecule has 1 aromatic carbocycles. The van der Waals surface area contributed by atoms with Crippen molar-refractivity contribution in [3.05, 3.63) is 51.1 Å². The molecule has 2 unspecified atom stereocenters. The van der Waals surface area contributed by atoms with Gasteiger partial charge in [0.1, 0.15) is 0 Å². The Morgan fingerprint density at radius 1 is 1.38 bits per heavy atom. The molecule has 2 aliphatic rings. The van der Waals surface area contributed by atoms with Gasteiger partial charge in [-0.2, -0.15) is 0 Å². The molecule has 2 bridgehead atoms. The smallest absolute Gasteiger partial charge is 0.307 e. The van der Waals surface area contributed by atoms with Crippen molar-refractivity contribution in [2.24, 2.45) is 17.3 Å². The monoisotopic (exact) mass is 419 g/mol. The van der Waals surface area contributed by atoms with E-state index >= 15 is 0 Å². The summed E-state index contributed by atoms with van der Waals surface area (Å²) in [4.78, 5) is 22.7. The van der Waals surface area contributed by atoms with Crippen molar-refractivity contribution < 1.29 is 14.8 Å². The molecule has 1 N–H and O–H groups in total. The quantitative estimate of drug-likeness (QED) is 0.258. The fourth-order valence-electron chi connectivity index (χ4n) is 5.42. The topological polar surface area (TPSA) is 80.4 Å². The van der Waals surface area contributed by atoms with Crippen molar-refractivity contribution >= 4 is 23.3 Å². The lowest BCUT2D eigenvalue weighted by Crippen LogP contribution is -2.22. The van der Waals surface area contributed by atoms with Gasteiger partial charge >= 0.3 is 5.97 Å². The molecule has 2 fully saturated rings. The maximum atomic E-state index is 12.0. The Balaban J connectivity index is 1.81. The van der Waals surface area contributed by atoms with Crippen LogP contribution in [0, 0.1) is 27.4 Å². The predicted octanol–water partition coefficient (Wildman–Crippen LogP) is 6.75. The summed E-state index contributed by atoms with van der Waals surface area (Å²) in [5.41, 5.74) is 0.960. The Labute approximate surface area is 177 Å². The first-order chi connectivity index (χ1) is 13.8. The van der Waals surface area contributed by atoms with Crippen molar-refractivity contribution in [2.75, 3.05) is 0 Å². The van der Waals surface area contributed by atoms with E-state index in [4.69, 9.17) is 11.6 Å². The lowest BCUT2D eigenvalue weighted by Gasteiger charge is -2.26. The minimum absolute atomic E-state index is 0.0548. The van der Waals surface area contributed by atoms with Gasteiger partial charge in [0.15, 0.2) is 0 Å². The number of carboxylic acids is 1. The van der Waals surface area contributed by atoms with E-state index in [9.17, 15) is 20.0 Å². The molecule has 0 spiro atoms. The molecule has 0 radical (unpaired) electrons. The van der Waals surface area contributed by atoms with Crippen LogP contribution in [0.3, 0.4) is 0 Å². The van der Waals surface area contributed by atoms with E-state index in [1.165, 1.54) is 50.3 Å². The van der Waals surface area contributed by atoms with E-state index in [1.807, 2.05) is 6.92 Å². The number of hydrogen-bond donors (Lipinski definition) is 1. The van der Waals surface area contributed by atoms with Crippen LogP contribution in [0.15, 0.2) is 30.4 Å². The summed E-state index contributed by atoms with van der Waals surface area (Å²) in [6.07, 6.45) is 13.7. The molecule has 158 valence electrons. The van der Waals surface area contributed by atoms with Gasteiger partial charge in [0.2, 0.25) is 0 Å². The lowest BCUT2D eigenvalue weighted by molar-refractivity contribution is -0.384. The summed E-state index contributed by atoms with van der Waals surface area (Å²) in [5, 5.41) is 21.4. The second-order valence-electron chi connectivity index (χ2n) is 8.86. The van der Waals surface area contributed by atoms with E-state index < -0.39 is 16.8 Å². The van der Waals surface area contributed by atoms with E-state index in [2.05, 4.69) is 12.2 Å². The van der Waals surface area contributed by atoms with Gasteiger partial charge in [0, 0.05) is 23.1 Å². The number of carbonyl (C=O) groups is 1. The Hall–Kier alpha value is -1.88. The molecule has 0 saturated heterocycles. The molecule has 6 heteroatoms. The zero-order valence-electron chi connectivity index (χ0n) is 17.0. The number of fused-ring (bicyclic) bond motifs is 2. The fourth-order valence-corrected chi connectivity index (χ4v) is 5.68. The fraction of sp³-hybridized carbons (Fsp3) is 0.609. The van der Waals surface area contributed by atoms with Gasteiger partial charge < -0.3 is 5.11 Å². The first kappa shape index (κ1) is 21.8. The Kier molecular flexibility index (Phi) is 6.99. The average Bonchev–Trinajstić information content (AvgIpc) is 3.28. The number of carboxylic acid groups (broad SMARTS) is 1. The van der Waals surface area contributed by atoms with Gasteiger partial charge in [-0.05, 0) is 74.3 Å². The number of hydrogen-bond acceptors (Lipinski definition) is 3. The Morgan fingerprint density at radius 2 is 2.10 bits per heavy atom. The summed E-state index contributed by atoms with van der Waals surface area (Å²) < 4.78 is 0. The van der Waals surface area contributed by atoms with Crippen LogP contribution in [-0.2, 0) is 4.79 Å². The molecule has 0 aromatic heterocycles. The zero-order valence-corrected chi connectivity index (χ0v) is 17.7. The second kappa shape index (κ2) is 9.29. The standard InChI is InChI=1S/C23H30ClNO4/c1-2-5-19(22(26)27)18(20-14-17(25(28)29)7-8-21(20)24)6-3-4-11-23-12-9-16(15-23)10-13-23/h3-4,7-8,14,16,18-19H,2,5-6,9-13,15H2,1H3,(H,26,27). The predicted molar refractivity (Wildman–Crippen MR) is 114 cm³/mol. The van der Waals surface area contributed by atoms with Crippen LogP contribution in [0.25, 0.3) is 0 Å². The molecule has 29 heavy (non-hydrogen) atoms. The van der Waals surface area contributed by atoms with Crippen LogP contribution in [-0.4, -0.2) is 16.0 Å². The molecule has 5 nitrogen and oxygen atoms in total. The third-order valence-corrected chi connectivity index (χ3v) is 7.33. The van der Waals surface area contributed by atoms with Crippen molar-refractivity contribution in [2.45, 2.75) is 70.6 Å². The van der Waals surface area contributed by atoms with E-state index in [-0.39, 0.29) is 11.6 Å². The minimum Gasteiger partial charge on any atom is -0.481 e. The Morgan fingerprint density at radius 3 is 2.66 bits per heavy atom. The number of rotatable bonds is 10. The van der Waals surface area contributed by atoms with Crippen molar-refractivity contribution in [3.8, 4) is 0 Å². The van der Waals surface area contributed by atoms with Crippen LogP contribution in [0.2, 0.25) is 5.02 Å². The minimum atomic E-state index is -0.874. The van der Waals surface area contributed by atoms with E-state index in [1.54, 1.807) is 0 Å². The molecule has 3 rings (SSSR count). The molecule has 2 saturated carbocycles. The largest absolute Gasteiger partial charge is 0.481 e. The highest BCUT2D eigenvalue weighted by Crippen LogP contribution is 2.56. The molecule has 0 aliphatic heterocycles. The number of halogens is 1.